The summed E-state index contributed by atoms with van der Waals surface area (Å²) in [7, 11) is 1.66. The summed E-state index contributed by atoms with van der Waals surface area (Å²) >= 11 is 0. The van der Waals surface area contributed by atoms with Crippen LogP contribution in [0, 0.1) is 0 Å². The van der Waals surface area contributed by atoms with Gasteiger partial charge in [-0.05, 0) is 17.3 Å². The summed E-state index contributed by atoms with van der Waals surface area (Å²) in [6.45, 7) is 0. The van der Waals surface area contributed by atoms with E-state index in [1.807, 2.05) is 30.3 Å². The first kappa shape index (κ1) is 11.5. The van der Waals surface area contributed by atoms with Gasteiger partial charge in [-0.25, -0.2) is 4.98 Å². The first-order valence-corrected chi connectivity index (χ1v) is 5.84. The van der Waals surface area contributed by atoms with Crippen molar-refractivity contribution in [1.29, 1.82) is 0 Å². The third-order valence-corrected chi connectivity index (χ3v) is 2.75. The number of pyridine rings is 1. The van der Waals surface area contributed by atoms with Crippen LogP contribution >= 0.6 is 0 Å². The standard InChI is InChI=1S/C13H11N5O/c1-18-16-13(15-17-18)8-12(19)11-7-6-9-4-2-3-5-10(9)14-11/h2-7H,8H2,1H3. The molecular weight excluding hydrogens is 242 g/mol. The molecule has 6 nitrogen and oxygen atoms in total. The number of hydrogen-bond acceptors (Lipinski definition) is 5. The van der Waals surface area contributed by atoms with Crippen molar-refractivity contribution in [3.63, 3.8) is 0 Å². The largest absolute Gasteiger partial charge is 0.292 e. The Morgan fingerprint density at radius 1 is 1.21 bits per heavy atom. The number of tetrazole rings is 1. The number of nitrogens with zero attached hydrogens (tertiary/aromatic N) is 5. The Balaban J connectivity index is 1.89. The number of carbonyl (C=O) groups excluding carboxylic acids is 1. The molecule has 2 aromatic heterocycles. The topological polar surface area (TPSA) is 73.6 Å². The molecule has 0 amide bonds. The highest BCUT2D eigenvalue weighted by molar-refractivity contribution is 5.97. The summed E-state index contributed by atoms with van der Waals surface area (Å²) in [6.07, 6.45) is 0.110. The maximum absolute atomic E-state index is 12.1. The number of carbonyl (C=O) groups is 1. The van der Waals surface area contributed by atoms with Crippen molar-refractivity contribution < 1.29 is 4.79 Å². The number of ketones is 1. The molecule has 0 atom stereocenters. The zero-order chi connectivity index (χ0) is 13.2. The van der Waals surface area contributed by atoms with Gasteiger partial charge >= 0.3 is 0 Å². The second-order valence-corrected chi connectivity index (χ2v) is 4.18. The number of hydrogen-bond donors (Lipinski definition) is 0. The van der Waals surface area contributed by atoms with Crippen molar-refractivity contribution in [3.05, 3.63) is 47.9 Å². The third-order valence-electron chi connectivity index (χ3n) is 2.75. The Hall–Kier alpha value is -2.63. The monoisotopic (exact) mass is 253 g/mol. The highest BCUT2D eigenvalue weighted by Crippen LogP contribution is 2.12. The van der Waals surface area contributed by atoms with Crippen LogP contribution in [-0.2, 0) is 13.5 Å². The fourth-order valence-corrected chi connectivity index (χ4v) is 1.85. The SMILES string of the molecule is Cn1nnc(CC(=O)c2ccc3ccccc3n2)n1. The number of aromatic nitrogens is 5. The number of benzene rings is 1. The molecule has 0 unspecified atom stereocenters. The maximum atomic E-state index is 12.1. The summed E-state index contributed by atoms with van der Waals surface area (Å²) in [5, 5.41) is 12.5. The predicted molar refractivity (Wildman–Crippen MR) is 68.6 cm³/mol. The lowest BCUT2D eigenvalue weighted by atomic mass is 10.1. The summed E-state index contributed by atoms with van der Waals surface area (Å²) in [5.74, 6) is 0.293. The van der Waals surface area contributed by atoms with Gasteiger partial charge in [0.2, 0.25) is 0 Å². The lowest BCUT2D eigenvalue weighted by Crippen LogP contribution is -2.07. The van der Waals surface area contributed by atoms with Crippen LogP contribution in [0.3, 0.4) is 0 Å². The molecule has 94 valence electrons. The van der Waals surface area contributed by atoms with E-state index in [4.69, 9.17) is 0 Å². The van der Waals surface area contributed by atoms with Gasteiger partial charge in [-0.2, -0.15) is 4.80 Å². The van der Waals surface area contributed by atoms with Gasteiger partial charge in [0.25, 0.3) is 0 Å². The van der Waals surface area contributed by atoms with Crippen LogP contribution in [0.5, 0.6) is 0 Å². The van der Waals surface area contributed by atoms with Crippen LogP contribution in [0.25, 0.3) is 10.9 Å². The van der Waals surface area contributed by atoms with E-state index >= 15 is 0 Å². The smallest absolute Gasteiger partial charge is 0.188 e. The average molecular weight is 253 g/mol. The van der Waals surface area contributed by atoms with E-state index in [0.717, 1.165) is 10.9 Å². The fourth-order valence-electron chi connectivity index (χ4n) is 1.85. The maximum Gasteiger partial charge on any atom is 0.188 e. The van der Waals surface area contributed by atoms with Crippen molar-refractivity contribution >= 4 is 16.7 Å². The van der Waals surface area contributed by atoms with Crippen LogP contribution < -0.4 is 0 Å². The molecule has 3 aromatic rings. The Morgan fingerprint density at radius 3 is 2.84 bits per heavy atom. The molecule has 1 aromatic carbocycles. The summed E-state index contributed by atoms with van der Waals surface area (Å²) in [4.78, 5) is 17.8. The van der Waals surface area contributed by atoms with Gasteiger partial charge < -0.3 is 0 Å². The normalized spacial score (nSPS) is 10.8. The first-order chi connectivity index (χ1) is 9.22. The number of fused-ring (bicyclic) bond motifs is 1. The Bertz CT molecular complexity index is 749. The molecule has 0 saturated carbocycles. The molecule has 6 heteroatoms. The molecule has 0 aliphatic rings. The average Bonchev–Trinajstić information content (AvgIpc) is 2.83. The molecule has 0 fully saturated rings. The molecular formula is C13H11N5O. The third kappa shape index (κ3) is 2.33. The van der Waals surface area contributed by atoms with E-state index in [2.05, 4.69) is 20.4 Å². The molecule has 0 saturated heterocycles. The van der Waals surface area contributed by atoms with E-state index in [9.17, 15) is 4.79 Å². The van der Waals surface area contributed by atoms with Crippen LogP contribution in [0.2, 0.25) is 0 Å². The highest BCUT2D eigenvalue weighted by Gasteiger charge is 2.12. The van der Waals surface area contributed by atoms with E-state index in [-0.39, 0.29) is 12.2 Å². The number of rotatable bonds is 3. The minimum Gasteiger partial charge on any atom is -0.292 e. The Labute approximate surface area is 109 Å². The van der Waals surface area contributed by atoms with Crippen molar-refractivity contribution in [2.24, 2.45) is 7.05 Å². The molecule has 2 heterocycles. The van der Waals surface area contributed by atoms with Gasteiger partial charge in [0.15, 0.2) is 11.6 Å². The second-order valence-electron chi connectivity index (χ2n) is 4.18. The van der Waals surface area contributed by atoms with Gasteiger partial charge in [-0.1, -0.05) is 24.3 Å². The molecule has 3 rings (SSSR count). The first-order valence-electron chi connectivity index (χ1n) is 5.84. The van der Waals surface area contributed by atoms with Crippen molar-refractivity contribution in [2.45, 2.75) is 6.42 Å². The minimum absolute atomic E-state index is 0.110. The van der Waals surface area contributed by atoms with Crippen LogP contribution in [0.1, 0.15) is 16.3 Å². The van der Waals surface area contributed by atoms with Crippen molar-refractivity contribution in [1.82, 2.24) is 25.2 Å². The molecule has 0 aliphatic heterocycles. The molecule has 19 heavy (non-hydrogen) atoms. The van der Waals surface area contributed by atoms with E-state index in [0.29, 0.717) is 11.5 Å². The molecule has 0 N–H and O–H groups in total. The highest BCUT2D eigenvalue weighted by atomic mass is 16.1. The van der Waals surface area contributed by atoms with Gasteiger partial charge in [0.05, 0.1) is 19.0 Å². The van der Waals surface area contributed by atoms with Crippen LogP contribution in [0.4, 0.5) is 0 Å². The van der Waals surface area contributed by atoms with Crippen molar-refractivity contribution in [2.75, 3.05) is 0 Å². The lowest BCUT2D eigenvalue weighted by molar-refractivity contribution is 0.0986. The summed E-state index contributed by atoms with van der Waals surface area (Å²) < 4.78 is 0. The van der Waals surface area contributed by atoms with E-state index in [1.54, 1.807) is 13.1 Å². The lowest BCUT2D eigenvalue weighted by Gasteiger charge is -2.00. The van der Waals surface area contributed by atoms with Gasteiger partial charge in [0.1, 0.15) is 5.69 Å². The molecule has 0 spiro atoms. The van der Waals surface area contributed by atoms with Crippen LogP contribution in [-0.4, -0.2) is 31.0 Å². The number of Topliss-reactive ketones (excluding diaryl/α,β-unsaturated/α-hetero) is 1. The Kier molecular flexibility index (Phi) is 2.75. The fraction of sp³-hybridized carbons (Fsp3) is 0.154. The zero-order valence-corrected chi connectivity index (χ0v) is 10.3. The Morgan fingerprint density at radius 2 is 2.05 bits per heavy atom. The summed E-state index contributed by atoms with van der Waals surface area (Å²) in [5.41, 5.74) is 1.23. The van der Waals surface area contributed by atoms with Crippen molar-refractivity contribution in [3.8, 4) is 0 Å². The minimum atomic E-state index is -0.112. The molecule has 0 radical (unpaired) electrons. The van der Waals surface area contributed by atoms with Gasteiger partial charge in [-0.15, -0.1) is 10.2 Å². The number of aryl methyl sites for hydroxylation is 1. The zero-order valence-electron chi connectivity index (χ0n) is 10.3. The van der Waals surface area contributed by atoms with E-state index in [1.165, 1.54) is 4.80 Å². The number of para-hydroxylation sites is 1. The van der Waals surface area contributed by atoms with E-state index < -0.39 is 0 Å². The second kappa shape index (κ2) is 4.56. The molecule has 0 bridgehead atoms. The van der Waals surface area contributed by atoms with Crippen LogP contribution in [0.15, 0.2) is 36.4 Å². The predicted octanol–water partition coefficient (Wildman–Crippen LogP) is 1.18. The quantitative estimate of drug-likeness (QED) is 0.655. The molecule has 0 aliphatic carbocycles. The van der Waals surface area contributed by atoms with Gasteiger partial charge in [-0.3, -0.25) is 4.79 Å². The van der Waals surface area contributed by atoms with Gasteiger partial charge in [0, 0.05) is 5.39 Å². The summed E-state index contributed by atoms with van der Waals surface area (Å²) in [6, 6.07) is 11.3.